The molecule has 0 radical (unpaired) electrons. The Bertz CT molecular complexity index is 152. The number of hydrogen-bond acceptors (Lipinski definition) is 4. The third-order valence-electron chi connectivity index (χ3n) is 0.889. The first-order valence-electron chi connectivity index (χ1n) is 2.58. The lowest BCUT2D eigenvalue weighted by Crippen LogP contribution is -2.10. The van der Waals surface area contributed by atoms with Crippen LogP contribution in [0, 0.1) is 0 Å². The van der Waals surface area contributed by atoms with Crippen molar-refractivity contribution in [1.29, 1.82) is 0 Å². The molecule has 0 atom stereocenters. The Kier molecular flexibility index (Phi) is 2.63. The van der Waals surface area contributed by atoms with E-state index in [4.69, 9.17) is 0 Å². The van der Waals surface area contributed by atoms with Crippen LogP contribution in [-0.4, -0.2) is 11.5 Å². The van der Waals surface area contributed by atoms with Crippen LogP contribution in [0.15, 0.2) is 11.4 Å². The van der Waals surface area contributed by atoms with Crippen LogP contribution in [0.4, 0.5) is 0 Å². The maximum absolute atomic E-state index is 4.63. The van der Waals surface area contributed by atoms with Crippen molar-refractivity contribution in [3.05, 3.63) is 17.1 Å². The molecule has 1 heterocycles. The van der Waals surface area contributed by atoms with Gasteiger partial charge in [0.1, 0.15) is 0 Å². The summed E-state index contributed by atoms with van der Waals surface area (Å²) < 4.78 is 4.05. The van der Waals surface area contributed by atoms with Gasteiger partial charge in [-0.1, -0.05) is 0 Å². The van der Waals surface area contributed by atoms with Gasteiger partial charge in [-0.05, 0) is 17.6 Å². The molecule has 0 bridgehead atoms. The van der Waals surface area contributed by atoms with Gasteiger partial charge < -0.3 is 4.84 Å². The van der Waals surface area contributed by atoms with Gasteiger partial charge >= 0.3 is 0 Å². The quantitative estimate of drug-likeness (QED) is 0.637. The van der Waals surface area contributed by atoms with Crippen molar-refractivity contribution in [2.24, 2.45) is 0 Å². The van der Waals surface area contributed by atoms with E-state index in [9.17, 15) is 0 Å². The SMILES string of the molecule is CONCc1ccsn1. The number of nitrogens with one attached hydrogen (secondary N) is 1. The van der Waals surface area contributed by atoms with Gasteiger partial charge in [0.25, 0.3) is 0 Å². The lowest BCUT2D eigenvalue weighted by molar-refractivity contribution is 0.0860. The zero-order chi connectivity index (χ0) is 6.53. The molecular weight excluding hydrogens is 136 g/mol. The molecule has 0 fully saturated rings. The fourth-order valence-electron chi connectivity index (χ4n) is 0.475. The molecule has 4 heteroatoms. The van der Waals surface area contributed by atoms with E-state index in [0.29, 0.717) is 6.54 Å². The Hall–Kier alpha value is -0.450. The van der Waals surface area contributed by atoms with Crippen molar-refractivity contribution >= 4 is 11.5 Å². The van der Waals surface area contributed by atoms with E-state index < -0.39 is 0 Å². The second-order valence-electron chi connectivity index (χ2n) is 1.52. The summed E-state index contributed by atoms with van der Waals surface area (Å²) in [4.78, 5) is 4.63. The molecular formula is C5H8N2OS. The van der Waals surface area contributed by atoms with E-state index in [-0.39, 0.29) is 0 Å². The number of rotatable bonds is 3. The summed E-state index contributed by atoms with van der Waals surface area (Å²) in [6.45, 7) is 0.681. The van der Waals surface area contributed by atoms with Crippen molar-refractivity contribution in [2.45, 2.75) is 6.54 Å². The Morgan fingerprint density at radius 3 is 3.33 bits per heavy atom. The predicted octanol–water partition coefficient (Wildman–Crippen LogP) is 0.794. The smallest absolute Gasteiger partial charge is 0.0703 e. The Morgan fingerprint density at radius 1 is 1.89 bits per heavy atom. The van der Waals surface area contributed by atoms with Crippen molar-refractivity contribution in [2.75, 3.05) is 7.11 Å². The minimum absolute atomic E-state index is 0.681. The Balaban J connectivity index is 2.30. The maximum atomic E-state index is 4.63. The molecule has 0 saturated heterocycles. The van der Waals surface area contributed by atoms with Gasteiger partial charge in [0.15, 0.2) is 0 Å². The van der Waals surface area contributed by atoms with Gasteiger partial charge in [-0.3, -0.25) is 0 Å². The van der Waals surface area contributed by atoms with Gasteiger partial charge in [-0.2, -0.15) is 9.85 Å². The highest BCUT2D eigenvalue weighted by molar-refractivity contribution is 7.03. The van der Waals surface area contributed by atoms with Gasteiger partial charge in [-0.25, -0.2) is 0 Å². The summed E-state index contributed by atoms with van der Waals surface area (Å²) in [6.07, 6.45) is 0. The van der Waals surface area contributed by atoms with Crippen molar-refractivity contribution < 1.29 is 4.84 Å². The fourth-order valence-corrected chi connectivity index (χ4v) is 1.01. The van der Waals surface area contributed by atoms with E-state index in [2.05, 4.69) is 14.7 Å². The maximum Gasteiger partial charge on any atom is 0.0703 e. The van der Waals surface area contributed by atoms with Crippen LogP contribution < -0.4 is 5.48 Å². The van der Waals surface area contributed by atoms with Crippen LogP contribution in [0.1, 0.15) is 5.69 Å². The zero-order valence-corrected chi connectivity index (χ0v) is 5.94. The van der Waals surface area contributed by atoms with E-state index in [1.807, 2.05) is 11.4 Å². The first kappa shape index (κ1) is 6.67. The minimum Gasteiger partial charge on any atom is -0.305 e. The molecule has 0 aliphatic rings. The molecule has 0 aromatic carbocycles. The van der Waals surface area contributed by atoms with E-state index >= 15 is 0 Å². The monoisotopic (exact) mass is 144 g/mol. The van der Waals surface area contributed by atoms with E-state index in [1.165, 1.54) is 11.5 Å². The average Bonchev–Trinajstić information content (AvgIpc) is 2.34. The largest absolute Gasteiger partial charge is 0.305 e. The van der Waals surface area contributed by atoms with Crippen molar-refractivity contribution in [1.82, 2.24) is 9.85 Å². The minimum atomic E-state index is 0.681. The molecule has 1 N–H and O–H groups in total. The zero-order valence-electron chi connectivity index (χ0n) is 5.13. The Morgan fingerprint density at radius 2 is 2.78 bits per heavy atom. The summed E-state index contributed by atoms with van der Waals surface area (Å²) in [6, 6.07) is 1.96. The summed E-state index contributed by atoms with van der Waals surface area (Å²) in [7, 11) is 1.59. The average molecular weight is 144 g/mol. The molecule has 50 valence electrons. The van der Waals surface area contributed by atoms with E-state index in [1.54, 1.807) is 7.11 Å². The summed E-state index contributed by atoms with van der Waals surface area (Å²) in [5, 5.41) is 1.94. The predicted molar refractivity (Wildman–Crippen MR) is 36.0 cm³/mol. The number of hydroxylamine groups is 1. The molecule has 0 saturated carbocycles. The summed E-state index contributed by atoms with van der Waals surface area (Å²) >= 11 is 1.44. The lowest BCUT2D eigenvalue weighted by atomic mass is 10.4. The molecule has 0 spiro atoms. The van der Waals surface area contributed by atoms with Gasteiger partial charge in [0.05, 0.1) is 19.3 Å². The third-order valence-corrected chi connectivity index (χ3v) is 1.49. The standard InChI is InChI=1S/C5H8N2OS/c1-8-6-4-5-2-3-9-7-5/h2-3,6H,4H2,1H3. The molecule has 0 unspecified atom stereocenters. The molecule has 1 aromatic rings. The molecule has 0 aliphatic heterocycles. The first-order valence-corrected chi connectivity index (χ1v) is 3.42. The van der Waals surface area contributed by atoms with Crippen molar-refractivity contribution in [3.8, 4) is 0 Å². The van der Waals surface area contributed by atoms with Crippen LogP contribution >= 0.6 is 11.5 Å². The molecule has 0 amide bonds. The topological polar surface area (TPSA) is 34.1 Å². The summed E-state index contributed by atoms with van der Waals surface area (Å²) in [5.41, 5.74) is 3.71. The third kappa shape index (κ3) is 2.09. The fraction of sp³-hybridized carbons (Fsp3) is 0.400. The molecule has 1 aromatic heterocycles. The molecule has 1 rings (SSSR count). The van der Waals surface area contributed by atoms with Crippen LogP contribution in [0.3, 0.4) is 0 Å². The normalized spacial score (nSPS) is 9.89. The van der Waals surface area contributed by atoms with Crippen molar-refractivity contribution in [3.63, 3.8) is 0 Å². The molecule has 0 aliphatic carbocycles. The van der Waals surface area contributed by atoms with Crippen LogP contribution in [0.5, 0.6) is 0 Å². The number of nitrogens with zero attached hydrogens (tertiary/aromatic N) is 1. The summed E-state index contributed by atoms with van der Waals surface area (Å²) in [5.74, 6) is 0. The highest BCUT2D eigenvalue weighted by Gasteiger charge is 1.90. The highest BCUT2D eigenvalue weighted by atomic mass is 32.1. The second-order valence-corrected chi connectivity index (χ2v) is 2.18. The highest BCUT2D eigenvalue weighted by Crippen LogP contribution is 1.97. The molecule has 9 heavy (non-hydrogen) atoms. The van der Waals surface area contributed by atoms with Crippen LogP contribution in [0.2, 0.25) is 0 Å². The van der Waals surface area contributed by atoms with Crippen LogP contribution in [-0.2, 0) is 11.4 Å². The lowest BCUT2D eigenvalue weighted by Gasteiger charge is -1.94. The van der Waals surface area contributed by atoms with Gasteiger partial charge in [0, 0.05) is 5.38 Å². The number of hydrogen-bond donors (Lipinski definition) is 1. The number of aromatic nitrogens is 1. The van der Waals surface area contributed by atoms with Crippen LogP contribution in [0.25, 0.3) is 0 Å². The first-order chi connectivity index (χ1) is 4.43. The second kappa shape index (κ2) is 3.55. The van der Waals surface area contributed by atoms with Gasteiger partial charge in [-0.15, -0.1) is 0 Å². The molecule has 3 nitrogen and oxygen atoms in total. The van der Waals surface area contributed by atoms with E-state index in [0.717, 1.165) is 5.69 Å². The van der Waals surface area contributed by atoms with Gasteiger partial charge in [0.2, 0.25) is 0 Å². The Labute approximate surface area is 57.8 Å².